The van der Waals surface area contributed by atoms with E-state index in [1.54, 1.807) is 0 Å². The maximum Gasteiger partial charge on any atom is 0.119 e. The molecule has 0 atom stereocenters. The first kappa shape index (κ1) is 20.2. The molecule has 0 unspecified atom stereocenters. The van der Waals surface area contributed by atoms with Gasteiger partial charge >= 0.3 is 0 Å². The Morgan fingerprint density at radius 2 is 1.11 bits per heavy atom. The SMILES string of the molecule is CCCCCCCOc1ccc(-c2ccc(-c3ccc(C)c(C)c3)cc2)cc1. The highest BCUT2D eigenvalue weighted by Crippen LogP contribution is 2.27. The Balaban J connectivity index is 1.58. The average molecular weight is 373 g/mol. The van der Waals surface area contributed by atoms with Gasteiger partial charge < -0.3 is 4.74 Å². The molecular weight excluding hydrogens is 340 g/mol. The number of hydrogen-bond donors (Lipinski definition) is 0. The summed E-state index contributed by atoms with van der Waals surface area (Å²) in [7, 11) is 0. The minimum Gasteiger partial charge on any atom is -0.494 e. The van der Waals surface area contributed by atoms with Crippen molar-refractivity contribution in [2.45, 2.75) is 52.9 Å². The van der Waals surface area contributed by atoms with Crippen LogP contribution in [0.25, 0.3) is 22.3 Å². The lowest BCUT2D eigenvalue weighted by Crippen LogP contribution is -1.97. The van der Waals surface area contributed by atoms with Crippen LogP contribution in [0.3, 0.4) is 0 Å². The molecule has 0 fully saturated rings. The molecule has 0 N–H and O–H groups in total. The molecule has 3 aromatic carbocycles. The van der Waals surface area contributed by atoms with Crippen molar-refractivity contribution in [3.63, 3.8) is 0 Å². The summed E-state index contributed by atoms with van der Waals surface area (Å²) >= 11 is 0. The first-order valence-corrected chi connectivity index (χ1v) is 10.6. The lowest BCUT2D eigenvalue weighted by atomic mass is 9.98. The van der Waals surface area contributed by atoms with Gasteiger partial charge in [0.25, 0.3) is 0 Å². The molecule has 28 heavy (non-hydrogen) atoms. The van der Waals surface area contributed by atoms with Gasteiger partial charge in [-0.1, -0.05) is 87.2 Å². The van der Waals surface area contributed by atoms with Gasteiger partial charge in [0, 0.05) is 0 Å². The summed E-state index contributed by atoms with van der Waals surface area (Å²) < 4.78 is 5.87. The van der Waals surface area contributed by atoms with Gasteiger partial charge in [-0.05, 0) is 65.8 Å². The van der Waals surface area contributed by atoms with Gasteiger partial charge in [-0.3, -0.25) is 0 Å². The van der Waals surface area contributed by atoms with Crippen LogP contribution in [0.1, 0.15) is 50.2 Å². The molecule has 0 bridgehead atoms. The lowest BCUT2D eigenvalue weighted by molar-refractivity contribution is 0.304. The first-order valence-electron chi connectivity index (χ1n) is 10.6. The predicted octanol–water partition coefficient (Wildman–Crippen LogP) is 7.99. The van der Waals surface area contributed by atoms with Crippen molar-refractivity contribution < 1.29 is 4.74 Å². The number of hydrogen-bond acceptors (Lipinski definition) is 1. The normalized spacial score (nSPS) is 10.8. The molecule has 0 saturated heterocycles. The van der Waals surface area contributed by atoms with Crippen molar-refractivity contribution in [2.75, 3.05) is 6.61 Å². The van der Waals surface area contributed by atoms with Crippen molar-refractivity contribution in [3.05, 3.63) is 77.9 Å². The summed E-state index contributed by atoms with van der Waals surface area (Å²) in [5.41, 5.74) is 7.67. The van der Waals surface area contributed by atoms with E-state index in [9.17, 15) is 0 Å². The molecule has 0 aliphatic heterocycles. The second-order valence-corrected chi connectivity index (χ2v) is 7.66. The van der Waals surface area contributed by atoms with Gasteiger partial charge in [0.1, 0.15) is 5.75 Å². The summed E-state index contributed by atoms with van der Waals surface area (Å²) in [5.74, 6) is 0.964. The van der Waals surface area contributed by atoms with E-state index in [2.05, 4.69) is 87.5 Å². The molecular formula is C27H32O. The van der Waals surface area contributed by atoms with Gasteiger partial charge in [-0.25, -0.2) is 0 Å². The average Bonchev–Trinajstić information content (AvgIpc) is 2.73. The maximum atomic E-state index is 5.87. The standard InChI is InChI=1S/C27H32O/c1-4-5-6-7-8-19-28-27-17-15-24(16-18-27)23-11-13-25(14-12-23)26-10-9-21(2)22(3)20-26/h9-18,20H,4-8,19H2,1-3H3. The van der Waals surface area contributed by atoms with Crippen LogP contribution in [0.15, 0.2) is 66.7 Å². The highest BCUT2D eigenvalue weighted by molar-refractivity contribution is 5.71. The molecule has 0 heterocycles. The van der Waals surface area contributed by atoms with Crippen LogP contribution in [0.5, 0.6) is 5.75 Å². The van der Waals surface area contributed by atoms with Crippen molar-refractivity contribution in [3.8, 4) is 28.0 Å². The second-order valence-electron chi connectivity index (χ2n) is 7.66. The van der Waals surface area contributed by atoms with E-state index >= 15 is 0 Å². The highest BCUT2D eigenvalue weighted by Gasteiger charge is 2.03. The van der Waals surface area contributed by atoms with Crippen LogP contribution in [-0.4, -0.2) is 6.61 Å². The number of aryl methyl sites for hydroxylation is 2. The van der Waals surface area contributed by atoms with Crippen molar-refractivity contribution >= 4 is 0 Å². The van der Waals surface area contributed by atoms with E-state index in [0.717, 1.165) is 18.8 Å². The predicted molar refractivity (Wildman–Crippen MR) is 121 cm³/mol. The fourth-order valence-corrected chi connectivity index (χ4v) is 3.42. The van der Waals surface area contributed by atoms with E-state index in [-0.39, 0.29) is 0 Å². The Morgan fingerprint density at radius 1 is 0.571 bits per heavy atom. The Morgan fingerprint density at radius 3 is 1.71 bits per heavy atom. The van der Waals surface area contributed by atoms with Crippen LogP contribution in [0, 0.1) is 13.8 Å². The zero-order valence-electron chi connectivity index (χ0n) is 17.5. The number of rotatable bonds is 9. The summed E-state index contributed by atoms with van der Waals surface area (Å²) in [6, 6.07) is 23.9. The smallest absolute Gasteiger partial charge is 0.119 e. The quantitative estimate of drug-likeness (QED) is 0.346. The Bertz CT molecular complexity index is 860. The molecule has 3 rings (SSSR count). The summed E-state index contributed by atoms with van der Waals surface area (Å²) in [4.78, 5) is 0. The van der Waals surface area contributed by atoms with Gasteiger partial charge in [-0.2, -0.15) is 0 Å². The Kier molecular flexibility index (Phi) is 7.31. The molecule has 0 saturated carbocycles. The minimum atomic E-state index is 0.813. The topological polar surface area (TPSA) is 9.23 Å². The maximum absolute atomic E-state index is 5.87. The van der Waals surface area contributed by atoms with Gasteiger partial charge in [0.15, 0.2) is 0 Å². The highest BCUT2D eigenvalue weighted by atomic mass is 16.5. The Labute approximate surface area is 170 Å². The van der Waals surface area contributed by atoms with Gasteiger partial charge in [0.05, 0.1) is 6.61 Å². The third-order valence-corrected chi connectivity index (χ3v) is 5.43. The van der Waals surface area contributed by atoms with E-state index < -0.39 is 0 Å². The molecule has 3 aromatic rings. The van der Waals surface area contributed by atoms with Crippen molar-refractivity contribution in [1.82, 2.24) is 0 Å². The molecule has 0 amide bonds. The molecule has 1 heteroatoms. The fraction of sp³-hybridized carbons (Fsp3) is 0.333. The lowest BCUT2D eigenvalue weighted by Gasteiger charge is -2.09. The van der Waals surface area contributed by atoms with Crippen molar-refractivity contribution in [2.24, 2.45) is 0 Å². The number of ether oxygens (including phenoxy) is 1. The molecule has 0 aromatic heterocycles. The largest absolute Gasteiger partial charge is 0.494 e. The first-order chi connectivity index (χ1) is 13.7. The summed E-state index contributed by atoms with van der Waals surface area (Å²) in [6.45, 7) is 7.38. The van der Waals surface area contributed by atoms with E-state index in [4.69, 9.17) is 4.74 Å². The molecule has 0 radical (unpaired) electrons. The number of unbranched alkanes of at least 4 members (excludes halogenated alkanes) is 4. The van der Waals surface area contributed by atoms with Gasteiger partial charge in [0.2, 0.25) is 0 Å². The van der Waals surface area contributed by atoms with E-state index in [1.807, 2.05) is 0 Å². The van der Waals surface area contributed by atoms with E-state index in [0.29, 0.717) is 0 Å². The summed E-state index contributed by atoms with van der Waals surface area (Å²) in [6.07, 6.45) is 6.34. The van der Waals surface area contributed by atoms with E-state index in [1.165, 1.54) is 59.1 Å². The minimum absolute atomic E-state index is 0.813. The van der Waals surface area contributed by atoms with Gasteiger partial charge in [-0.15, -0.1) is 0 Å². The Hall–Kier alpha value is -2.54. The molecule has 146 valence electrons. The van der Waals surface area contributed by atoms with Crippen LogP contribution >= 0.6 is 0 Å². The zero-order chi connectivity index (χ0) is 19.8. The summed E-state index contributed by atoms with van der Waals surface area (Å²) in [5, 5.41) is 0. The van der Waals surface area contributed by atoms with Crippen LogP contribution in [0.2, 0.25) is 0 Å². The molecule has 0 spiro atoms. The molecule has 0 aliphatic rings. The fourth-order valence-electron chi connectivity index (χ4n) is 3.42. The molecule has 1 nitrogen and oxygen atoms in total. The zero-order valence-corrected chi connectivity index (χ0v) is 17.5. The molecule has 0 aliphatic carbocycles. The van der Waals surface area contributed by atoms with Crippen molar-refractivity contribution in [1.29, 1.82) is 0 Å². The van der Waals surface area contributed by atoms with Crippen LogP contribution in [0.4, 0.5) is 0 Å². The number of benzene rings is 3. The van der Waals surface area contributed by atoms with Crippen LogP contribution in [-0.2, 0) is 0 Å². The third-order valence-electron chi connectivity index (χ3n) is 5.43. The van der Waals surface area contributed by atoms with Crippen LogP contribution < -0.4 is 4.74 Å². The second kappa shape index (κ2) is 10.1. The third kappa shape index (κ3) is 5.48. The monoisotopic (exact) mass is 372 g/mol.